The first kappa shape index (κ1) is 16.4. The number of hydrogen-bond donors (Lipinski definition) is 1. The van der Waals surface area contributed by atoms with Gasteiger partial charge in [-0.15, -0.1) is 0 Å². The van der Waals surface area contributed by atoms with Crippen LogP contribution in [-0.2, 0) is 9.47 Å². The average Bonchev–Trinajstić information content (AvgIpc) is 2.78. The molecule has 0 bridgehead atoms. The summed E-state index contributed by atoms with van der Waals surface area (Å²) < 4.78 is 11.6. The second-order valence-electron chi connectivity index (χ2n) is 6.25. The van der Waals surface area contributed by atoms with Gasteiger partial charge in [0.1, 0.15) is 24.7 Å². The fourth-order valence-corrected chi connectivity index (χ4v) is 3.62. The molecule has 4 nitrogen and oxygen atoms in total. The molecular formula is C17H28NO3+. The monoisotopic (exact) mass is 294 g/mol. The maximum Gasteiger partial charge on any atom is 0.128 e. The van der Waals surface area contributed by atoms with Gasteiger partial charge in [-0.25, -0.2) is 0 Å². The number of hydrogen-bond acceptors (Lipinski definition) is 3. The average molecular weight is 294 g/mol. The Labute approximate surface area is 127 Å². The van der Waals surface area contributed by atoms with Crippen LogP contribution in [0.4, 0.5) is 0 Å². The summed E-state index contributed by atoms with van der Waals surface area (Å²) in [5, 5.41) is 10.6. The normalized spacial score (nSPS) is 25.9. The highest BCUT2D eigenvalue weighted by Gasteiger charge is 2.47. The van der Waals surface area contributed by atoms with Crippen molar-refractivity contribution in [3.8, 4) is 0 Å². The van der Waals surface area contributed by atoms with Crippen molar-refractivity contribution in [3.05, 3.63) is 35.9 Å². The van der Waals surface area contributed by atoms with Gasteiger partial charge in [0, 0.05) is 27.1 Å². The van der Waals surface area contributed by atoms with Crippen molar-refractivity contribution in [1.82, 2.24) is 0 Å². The molecule has 118 valence electrons. The molecule has 3 atom stereocenters. The maximum absolute atomic E-state index is 10.6. The van der Waals surface area contributed by atoms with E-state index in [0.29, 0.717) is 18.6 Å². The minimum atomic E-state index is -0.451. The Morgan fingerprint density at radius 3 is 2.10 bits per heavy atom. The van der Waals surface area contributed by atoms with Gasteiger partial charge < -0.3 is 19.1 Å². The number of ether oxygens (including phenoxy) is 2. The van der Waals surface area contributed by atoms with Crippen LogP contribution in [0, 0.1) is 0 Å². The predicted octanol–water partition coefficient (Wildman–Crippen LogP) is 1.99. The zero-order valence-corrected chi connectivity index (χ0v) is 13.4. The minimum Gasteiger partial charge on any atom is -0.382 e. The van der Waals surface area contributed by atoms with E-state index in [-0.39, 0.29) is 0 Å². The van der Waals surface area contributed by atoms with Crippen molar-refractivity contribution in [3.63, 3.8) is 0 Å². The standard InChI is InChI=1S/C17H28NO3/c1-18(11-17(19)14-7-5-4-6-8-14)15(12-20-2)9-10-16(18)13-21-3/h4-8,15-17,19H,9-13H2,1-3H3/q+1/t15-,16-,17-/m0/s1. The quantitative estimate of drug-likeness (QED) is 0.782. The molecule has 1 N–H and O–H groups in total. The Morgan fingerprint density at radius 1 is 1.10 bits per heavy atom. The molecule has 0 spiro atoms. The summed E-state index contributed by atoms with van der Waals surface area (Å²) in [6.45, 7) is 2.17. The summed E-state index contributed by atoms with van der Waals surface area (Å²) >= 11 is 0. The predicted molar refractivity (Wildman–Crippen MR) is 83.0 cm³/mol. The van der Waals surface area contributed by atoms with E-state index >= 15 is 0 Å². The molecule has 1 fully saturated rings. The molecule has 1 aromatic carbocycles. The topological polar surface area (TPSA) is 38.7 Å². The molecular weight excluding hydrogens is 266 g/mol. The fourth-order valence-electron chi connectivity index (χ4n) is 3.62. The maximum atomic E-state index is 10.6. The van der Waals surface area contributed by atoms with Gasteiger partial charge in [0.25, 0.3) is 0 Å². The van der Waals surface area contributed by atoms with Crippen LogP contribution in [0.3, 0.4) is 0 Å². The molecule has 1 saturated heterocycles. The summed E-state index contributed by atoms with van der Waals surface area (Å²) in [5.74, 6) is 0. The highest BCUT2D eigenvalue weighted by atomic mass is 16.5. The third-order valence-electron chi connectivity index (χ3n) is 4.97. The molecule has 0 saturated carbocycles. The van der Waals surface area contributed by atoms with Gasteiger partial charge in [-0.2, -0.15) is 0 Å². The van der Waals surface area contributed by atoms with Crippen LogP contribution in [0.5, 0.6) is 0 Å². The van der Waals surface area contributed by atoms with Crippen molar-refractivity contribution >= 4 is 0 Å². The molecule has 1 aromatic rings. The van der Waals surface area contributed by atoms with Crippen LogP contribution in [0.2, 0.25) is 0 Å². The van der Waals surface area contributed by atoms with E-state index in [4.69, 9.17) is 9.47 Å². The highest BCUT2D eigenvalue weighted by molar-refractivity contribution is 5.17. The molecule has 21 heavy (non-hydrogen) atoms. The van der Waals surface area contributed by atoms with Crippen molar-refractivity contribution in [2.75, 3.05) is 41.0 Å². The van der Waals surface area contributed by atoms with Gasteiger partial charge in [0.2, 0.25) is 0 Å². The molecule has 0 amide bonds. The SMILES string of the molecule is COC[C@@H]1CC[C@@H](COC)[N+]1(C)C[C@H](O)c1ccccc1. The summed E-state index contributed by atoms with van der Waals surface area (Å²) in [5.41, 5.74) is 0.982. The first-order valence-corrected chi connectivity index (χ1v) is 7.67. The summed E-state index contributed by atoms with van der Waals surface area (Å²) in [7, 11) is 5.73. The molecule has 1 aliphatic rings. The van der Waals surface area contributed by atoms with E-state index in [0.717, 1.165) is 36.1 Å². The van der Waals surface area contributed by atoms with Crippen molar-refractivity contribution in [2.24, 2.45) is 0 Å². The lowest BCUT2D eigenvalue weighted by Gasteiger charge is -2.42. The number of aliphatic hydroxyl groups is 1. The first-order chi connectivity index (χ1) is 10.1. The Balaban J connectivity index is 2.14. The minimum absolute atomic E-state index is 0.425. The number of nitrogens with zero attached hydrogens (tertiary/aromatic N) is 1. The molecule has 0 aliphatic carbocycles. The van der Waals surface area contributed by atoms with Crippen molar-refractivity contribution < 1.29 is 19.1 Å². The molecule has 0 radical (unpaired) electrons. The van der Waals surface area contributed by atoms with Crippen LogP contribution >= 0.6 is 0 Å². The lowest BCUT2D eigenvalue weighted by molar-refractivity contribution is -0.947. The second-order valence-corrected chi connectivity index (χ2v) is 6.25. The Hall–Kier alpha value is -0.940. The van der Waals surface area contributed by atoms with Crippen LogP contribution < -0.4 is 0 Å². The van der Waals surface area contributed by atoms with Crippen molar-refractivity contribution in [1.29, 1.82) is 0 Å². The Kier molecular flexibility index (Phi) is 5.76. The molecule has 1 aliphatic heterocycles. The molecule has 1 heterocycles. The van der Waals surface area contributed by atoms with E-state index < -0.39 is 6.10 Å². The summed E-state index contributed by atoms with van der Waals surface area (Å²) in [6.07, 6.45) is 1.80. The van der Waals surface area contributed by atoms with E-state index in [1.165, 1.54) is 0 Å². The smallest absolute Gasteiger partial charge is 0.128 e. The number of aliphatic hydroxyl groups excluding tert-OH is 1. The lowest BCUT2D eigenvalue weighted by Crippen LogP contribution is -2.58. The van der Waals surface area contributed by atoms with Crippen LogP contribution in [0.15, 0.2) is 30.3 Å². The molecule has 0 unspecified atom stereocenters. The summed E-state index contributed by atoms with van der Waals surface area (Å²) in [6, 6.07) is 10.8. The van der Waals surface area contributed by atoms with Crippen LogP contribution in [0.25, 0.3) is 0 Å². The zero-order chi connectivity index (χ0) is 15.3. The Morgan fingerprint density at radius 2 is 1.62 bits per heavy atom. The van der Waals surface area contributed by atoms with Crippen LogP contribution in [-0.4, -0.2) is 62.7 Å². The van der Waals surface area contributed by atoms with E-state index in [1.807, 2.05) is 30.3 Å². The van der Waals surface area contributed by atoms with Gasteiger partial charge >= 0.3 is 0 Å². The van der Waals surface area contributed by atoms with E-state index in [9.17, 15) is 5.11 Å². The van der Waals surface area contributed by atoms with Gasteiger partial charge in [0.15, 0.2) is 0 Å². The van der Waals surface area contributed by atoms with E-state index in [2.05, 4.69) is 7.05 Å². The van der Waals surface area contributed by atoms with Crippen LogP contribution in [0.1, 0.15) is 24.5 Å². The van der Waals surface area contributed by atoms with Gasteiger partial charge in [-0.3, -0.25) is 0 Å². The Bertz CT molecular complexity index is 409. The van der Waals surface area contributed by atoms with Gasteiger partial charge in [0.05, 0.1) is 20.3 Å². The molecule has 2 rings (SSSR count). The highest BCUT2D eigenvalue weighted by Crippen LogP contribution is 2.34. The number of quaternary nitrogens is 1. The van der Waals surface area contributed by atoms with Crippen molar-refractivity contribution in [2.45, 2.75) is 31.0 Å². The number of rotatable bonds is 7. The number of likely N-dealkylation sites (tertiary alicyclic amines) is 1. The van der Waals surface area contributed by atoms with E-state index in [1.54, 1.807) is 14.2 Å². The molecule has 0 aromatic heterocycles. The summed E-state index contributed by atoms with van der Waals surface area (Å²) in [4.78, 5) is 0. The van der Waals surface area contributed by atoms with Gasteiger partial charge in [-0.05, 0) is 5.56 Å². The number of likely N-dealkylation sites (N-methyl/N-ethyl adjacent to an activating group) is 1. The molecule has 4 heteroatoms. The largest absolute Gasteiger partial charge is 0.382 e. The third kappa shape index (κ3) is 3.64. The fraction of sp³-hybridized carbons (Fsp3) is 0.647. The first-order valence-electron chi connectivity index (χ1n) is 7.67. The van der Waals surface area contributed by atoms with Gasteiger partial charge in [-0.1, -0.05) is 30.3 Å². The number of benzene rings is 1. The third-order valence-corrected chi connectivity index (χ3v) is 4.97. The second kappa shape index (κ2) is 7.36. The number of methoxy groups -OCH3 is 2. The zero-order valence-electron chi connectivity index (χ0n) is 13.4. The lowest BCUT2D eigenvalue weighted by atomic mass is 10.1.